The van der Waals surface area contributed by atoms with Gasteiger partial charge in [0.15, 0.2) is 6.61 Å². The lowest BCUT2D eigenvalue weighted by Crippen LogP contribution is -2.12. The third kappa shape index (κ3) is 3.55. The van der Waals surface area contributed by atoms with Gasteiger partial charge in [-0.2, -0.15) is 0 Å². The fourth-order valence-corrected chi connectivity index (χ4v) is 2.23. The van der Waals surface area contributed by atoms with Crippen LogP contribution in [0.2, 0.25) is 5.02 Å². The van der Waals surface area contributed by atoms with Crippen molar-refractivity contribution in [1.29, 1.82) is 0 Å². The molecule has 0 aliphatic rings. The minimum absolute atomic E-state index is 0.139. The Morgan fingerprint density at radius 2 is 2.00 bits per heavy atom. The van der Waals surface area contributed by atoms with E-state index in [0.29, 0.717) is 10.0 Å². The number of hydrogen-bond donors (Lipinski definition) is 0. The Bertz CT molecular complexity index is 616. The van der Waals surface area contributed by atoms with Crippen LogP contribution in [0.15, 0.2) is 46.9 Å². The molecule has 0 atom stereocenters. The zero-order valence-corrected chi connectivity index (χ0v) is 12.0. The fourth-order valence-electron chi connectivity index (χ4n) is 1.50. The molecule has 19 heavy (non-hydrogen) atoms. The van der Waals surface area contributed by atoms with E-state index < -0.39 is 5.82 Å². The molecule has 0 aromatic heterocycles. The van der Waals surface area contributed by atoms with Crippen molar-refractivity contribution in [2.24, 2.45) is 0 Å². The first-order valence-corrected chi connectivity index (χ1v) is 6.60. The molecule has 0 heterocycles. The predicted octanol–water partition coefficient (Wildman–Crippen LogP) is 4.50. The number of hydrogen-bond acceptors (Lipinski definition) is 2. The number of rotatable bonds is 4. The van der Waals surface area contributed by atoms with E-state index in [1.54, 1.807) is 18.2 Å². The van der Waals surface area contributed by atoms with Gasteiger partial charge in [0.25, 0.3) is 0 Å². The molecular weight excluding hydrogens is 335 g/mol. The molecule has 0 amide bonds. The fraction of sp³-hybridized carbons (Fsp3) is 0.0714. The number of ether oxygens (including phenoxy) is 1. The van der Waals surface area contributed by atoms with Gasteiger partial charge in [-0.1, -0.05) is 45.7 Å². The van der Waals surface area contributed by atoms with Gasteiger partial charge in [-0.25, -0.2) is 4.39 Å². The maximum Gasteiger partial charge on any atom is 0.201 e. The summed E-state index contributed by atoms with van der Waals surface area (Å²) in [5, 5.41) is 0.139. The lowest BCUT2D eigenvalue weighted by molar-refractivity contribution is 0.0921. The second-order valence-corrected chi connectivity index (χ2v) is 5.03. The van der Waals surface area contributed by atoms with Crippen LogP contribution in [-0.2, 0) is 0 Å². The molecule has 0 unspecified atom stereocenters. The standard InChI is InChI=1S/C14H9BrClFO2/c15-11-4-2-1-3-10(11)13(18)8-19-14-6-5-9(17)7-12(14)16/h1-7H,8H2. The maximum absolute atomic E-state index is 12.9. The molecule has 0 fully saturated rings. The van der Waals surface area contributed by atoms with Crippen LogP contribution in [0.4, 0.5) is 4.39 Å². The molecule has 2 rings (SSSR count). The number of carbonyl (C=O) groups is 1. The maximum atomic E-state index is 12.9. The van der Waals surface area contributed by atoms with E-state index in [1.165, 1.54) is 12.1 Å². The number of benzene rings is 2. The van der Waals surface area contributed by atoms with Gasteiger partial charge in [0.1, 0.15) is 11.6 Å². The summed E-state index contributed by atoms with van der Waals surface area (Å²) in [5.74, 6) is -0.356. The van der Waals surface area contributed by atoms with Gasteiger partial charge in [-0.05, 0) is 24.3 Å². The Kier molecular flexibility index (Phi) is 4.56. The predicted molar refractivity (Wildman–Crippen MR) is 75.4 cm³/mol. The minimum atomic E-state index is -0.450. The smallest absolute Gasteiger partial charge is 0.201 e. The Morgan fingerprint density at radius 1 is 1.26 bits per heavy atom. The normalized spacial score (nSPS) is 10.3. The average Bonchev–Trinajstić information content (AvgIpc) is 2.38. The molecule has 0 N–H and O–H groups in total. The number of carbonyl (C=O) groups excluding carboxylic acids is 1. The second kappa shape index (κ2) is 6.17. The Hall–Kier alpha value is -1.39. The zero-order valence-electron chi connectivity index (χ0n) is 9.70. The van der Waals surface area contributed by atoms with Crippen LogP contribution in [0.25, 0.3) is 0 Å². The van der Waals surface area contributed by atoms with Crippen LogP contribution >= 0.6 is 27.5 Å². The van der Waals surface area contributed by atoms with E-state index >= 15 is 0 Å². The van der Waals surface area contributed by atoms with Crippen LogP contribution in [0, 0.1) is 5.82 Å². The van der Waals surface area contributed by atoms with E-state index in [9.17, 15) is 9.18 Å². The van der Waals surface area contributed by atoms with Crippen molar-refractivity contribution in [2.75, 3.05) is 6.61 Å². The third-order valence-electron chi connectivity index (χ3n) is 2.43. The molecule has 98 valence electrons. The summed E-state index contributed by atoms with van der Waals surface area (Å²) >= 11 is 9.10. The molecule has 0 bridgehead atoms. The van der Waals surface area contributed by atoms with E-state index in [1.807, 2.05) is 6.07 Å². The Balaban J connectivity index is 2.07. The summed E-state index contributed by atoms with van der Waals surface area (Å²) in [6, 6.07) is 10.8. The van der Waals surface area contributed by atoms with Gasteiger partial charge in [-0.15, -0.1) is 0 Å². The Morgan fingerprint density at radius 3 is 2.68 bits per heavy atom. The van der Waals surface area contributed by atoms with E-state index in [0.717, 1.165) is 6.07 Å². The third-order valence-corrected chi connectivity index (χ3v) is 3.41. The molecule has 0 spiro atoms. The molecule has 0 aliphatic carbocycles. The summed E-state index contributed by atoms with van der Waals surface area (Å²) in [7, 11) is 0. The first-order valence-electron chi connectivity index (χ1n) is 5.43. The quantitative estimate of drug-likeness (QED) is 0.764. The van der Waals surface area contributed by atoms with Crippen molar-refractivity contribution in [1.82, 2.24) is 0 Å². The molecule has 0 saturated heterocycles. The van der Waals surface area contributed by atoms with Crippen LogP contribution < -0.4 is 4.74 Å². The highest BCUT2D eigenvalue weighted by molar-refractivity contribution is 9.10. The number of Topliss-reactive ketones (excluding diaryl/α,β-unsaturated/α-hetero) is 1. The largest absolute Gasteiger partial charge is 0.484 e. The van der Waals surface area contributed by atoms with Gasteiger partial charge in [0.2, 0.25) is 5.78 Å². The summed E-state index contributed by atoms with van der Waals surface area (Å²) < 4.78 is 18.8. The zero-order chi connectivity index (χ0) is 13.8. The highest BCUT2D eigenvalue weighted by Gasteiger charge is 2.11. The first-order chi connectivity index (χ1) is 9.08. The second-order valence-electron chi connectivity index (χ2n) is 3.77. The van der Waals surface area contributed by atoms with Crippen molar-refractivity contribution in [3.05, 3.63) is 63.3 Å². The molecule has 2 nitrogen and oxygen atoms in total. The summed E-state index contributed by atoms with van der Waals surface area (Å²) in [6.07, 6.45) is 0. The van der Waals surface area contributed by atoms with E-state index in [4.69, 9.17) is 16.3 Å². The van der Waals surface area contributed by atoms with E-state index in [2.05, 4.69) is 15.9 Å². The van der Waals surface area contributed by atoms with Crippen molar-refractivity contribution in [3.8, 4) is 5.75 Å². The molecule has 5 heteroatoms. The van der Waals surface area contributed by atoms with Crippen LogP contribution in [0.3, 0.4) is 0 Å². The minimum Gasteiger partial charge on any atom is -0.484 e. The summed E-state index contributed by atoms with van der Waals surface area (Å²) in [5.41, 5.74) is 0.528. The van der Waals surface area contributed by atoms with Gasteiger partial charge in [0.05, 0.1) is 5.02 Å². The van der Waals surface area contributed by atoms with Gasteiger partial charge < -0.3 is 4.74 Å². The summed E-state index contributed by atoms with van der Waals surface area (Å²) in [4.78, 5) is 11.9. The van der Waals surface area contributed by atoms with E-state index in [-0.39, 0.29) is 23.2 Å². The average molecular weight is 344 g/mol. The topological polar surface area (TPSA) is 26.3 Å². The lowest BCUT2D eigenvalue weighted by atomic mass is 10.1. The van der Waals surface area contributed by atoms with Crippen molar-refractivity contribution in [2.45, 2.75) is 0 Å². The number of ketones is 1. The van der Waals surface area contributed by atoms with Crippen molar-refractivity contribution in [3.63, 3.8) is 0 Å². The molecule has 2 aromatic rings. The van der Waals surface area contributed by atoms with Gasteiger partial charge in [0, 0.05) is 10.0 Å². The lowest BCUT2D eigenvalue weighted by Gasteiger charge is -2.08. The van der Waals surface area contributed by atoms with Crippen molar-refractivity contribution >= 4 is 33.3 Å². The molecule has 0 saturated carbocycles. The SMILES string of the molecule is O=C(COc1ccc(F)cc1Cl)c1ccccc1Br. The monoisotopic (exact) mass is 342 g/mol. The Labute approximate surface area is 123 Å². The summed E-state index contributed by atoms with van der Waals surface area (Å²) in [6.45, 7) is -0.159. The van der Waals surface area contributed by atoms with Crippen LogP contribution in [0.5, 0.6) is 5.75 Å². The molecule has 0 radical (unpaired) electrons. The molecule has 0 aliphatic heterocycles. The van der Waals surface area contributed by atoms with Crippen LogP contribution in [-0.4, -0.2) is 12.4 Å². The van der Waals surface area contributed by atoms with Crippen molar-refractivity contribution < 1.29 is 13.9 Å². The highest BCUT2D eigenvalue weighted by atomic mass is 79.9. The first kappa shape index (κ1) is 14.0. The molecular formula is C14H9BrClFO2. The van der Waals surface area contributed by atoms with Gasteiger partial charge in [-0.3, -0.25) is 4.79 Å². The highest BCUT2D eigenvalue weighted by Crippen LogP contribution is 2.25. The van der Waals surface area contributed by atoms with Gasteiger partial charge >= 0.3 is 0 Å². The molecule has 2 aromatic carbocycles. The number of halogens is 3. The van der Waals surface area contributed by atoms with Crippen LogP contribution in [0.1, 0.15) is 10.4 Å².